The van der Waals surface area contributed by atoms with Crippen molar-refractivity contribution in [2.45, 2.75) is 25.9 Å². The largest absolute Gasteiger partial charge is 0.381 e. The summed E-state index contributed by atoms with van der Waals surface area (Å²) in [6, 6.07) is 7.65. The second kappa shape index (κ2) is 6.56. The van der Waals surface area contributed by atoms with Crippen LogP contribution >= 0.6 is 11.6 Å². The normalized spacial score (nSPS) is 18.3. The highest BCUT2D eigenvalue weighted by Gasteiger charge is 2.25. The summed E-state index contributed by atoms with van der Waals surface area (Å²) in [5, 5.41) is 5.22. The third kappa shape index (κ3) is 3.10. The van der Waals surface area contributed by atoms with E-state index in [1.54, 1.807) is 0 Å². The maximum absolute atomic E-state index is 6.30. The van der Waals surface area contributed by atoms with Crippen LogP contribution in [0.5, 0.6) is 0 Å². The molecule has 0 saturated carbocycles. The summed E-state index contributed by atoms with van der Waals surface area (Å²) in [6.07, 6.45) is 0.956. The molecule has 0 radical (unpaired) electrons. The molecule has 5 nitrogen and oxygen atoms in total. The first-order valence-corrected chi connectivity index (χ1v) is 7.53. The van der Waals surface area contributed by atoms with Crippen LogP contribution in [0, 0.1) is 0 Å². The first-order valence-electron chi connectivity index (χ1n) is 7.15. The van der Waals surface area contributed by atoms with Gasteiger partial charge in [0.05, 0.1) is 17.3 Å². The van der Waals surface area contributed by atoms with Crippen LogP contribution in [-0.2, 0) is 16.1 Å². The molecular weight excluding hydrogens is 290 g/mol. The fourth-order valence-corrected chi connectivity index (χ4v) is 2.64. The van der Waals surface area contributed by atoms with Crippen LogP contribution in [-0.4, -0.2) is 34.6 Å². The number of rotatable bonds is 5. The lowest BCUT2D eigenvalue weighted by Gasteiger charge is -2.10. The minimum absolute atomic E-state index is 0.254. The minimum atomic E-state index is 0.254. The average molecular weight is 308 g/mol. The highest BCUT2D eigenvalue weighted by atomic mass is 35.5. The number of hydrogen-bond donors (Lipinski definition) is 0. The first-order chi connectivity index (χ1) is 10.3. The Balaban J connectivity index is 2.00. The second-order valence-corrected chi connectivity index (χ2v) is 5.35. The molecule has 1 aliphatic rings. The number of ether oxygens (including phenoxy) is 2. The standard InChI is InChI=1S/C15H18ClN3O2/c1-2-20-10-14-17-15(11-7-8-21-9-11)19(18-14)13-6-4-3-5-12(13)16/h3-6,11H,2,7-10H2,1H3. The van der Waals surface area contributed by atoms with Crippen molar-refractivity contribution < 1.29 is 9.47 Å². The van der Waals surface area contributed by atoms with Crippen molar-refractivity contribution >= 4 is 11.6 Å². The van der Waals surface area contributed by atoms with Crippen molar-refractivity contribution in [1.82, 2.24) is 14.8 Å². The van der Waals surface area contributed by atoms with Crippen LogP contribution < -0.4 is 0 Å². The summed E-state index contributed by atoms with van der Waals surface area (Å²) in [5.41, 5.74) is 0.844. The van der Waals surface area contributed by atoms with E-state index in [1.807, 2.05) is 35.9 Å². The Labute approximate surface area is 128 Å². The van der Waals surface area contributed by atoms with Crippen LogP contribution in [0.3, 0.4) is 0 Å². The van der Waals surface area contributed by atoms with E-state index in [1.165, 1.54) is 0 Å². The van der Waals surface area contributed by atoms with Gasteiger partial charge in [0.25, 0.3) is 0 Å². The summed E-state index contributed by atoms with van der Waals surface area (Å²) in [6.45, 7) is 4.45. The monoisotopic (exact) mass is 307 g/mol. The van der Waals surface area contributed by atoms with Gasteiger partial charge in [-0.1, -0.05) is 23.7 Å². The van der Waals surface area contributed by atoms with Crippen molar-refractivity contribution in [2.24, 2.45) is 0 Å². The fraction of sp³-hybridized carbons (Fsp3) is 0.467. The van der Waals surface area contributed by atoms with Gasteiger partial charge in [-0.25, -0.2) is 9.67 Å². The summed E-state index contributed by atoms with van der Waals surface area (Å²) in [5.74, 6) is 1.83. The van der Waals surface area contributed by atoms with E-state index in [2.05, 4.69) is 10.1 Å². The first kappa shape index (κ1) is 14.5. The molecule has 6 heteroatoms. The maximum Gasteiger partial charge on any atom is 0.177 e. The highest BCUT2D eigenvalue weighted by molar-refractivity contribution is 6.32. The summed E-state index contributed by atoms with van der Waals surface area (Å²) < 4.78 is 12.7. The molecule has 112 valence electrons. The summed E-state index contributed by atoms with van der Waals surface area (Å²) in [7, 11) is 0. The topological polar surface area (TPSA) is 49.2 Å². The Morgan fingerprint density at radius 2 is 2.29 bits per heavy atom. The Bertz CT molecular complexity index is 609. The molecule has 0 bridgehead atoms. The zero-order valence-corrected chi connectivity index (χ0v) is 12.7. The molecule has 1 unspecified atom stereocenters. The van der Waals surface area contributed by atoms with Crippen LogP contribution in [0.4, 0.5) is 0 Å². The molecular formula is C15H18ClN3O2. The van der Waals surface area contributed by atoms with Gasteiger partial charge in [-0.2, -0.15) is 0 Å². The molecule has 1 fully saturated rings. The average Bonchev–Trinajstić information content (AvgIpc) is 3.14. The molecule has 21 heavy (non-hydrogen) atoms. The molecule has 2 heterocycles. The third-order valence-electron chi connectivity index (χ3n) is 3.49. The van der Waals surface area contributed by atoms with Crippen LogP contribution in [0.1, 0.15) is 30.9 Å². The molecule has 1 aromatic carbocycles. The second-order valence-electron chi connectivity index (χ2n) is 4.95. The van der Waals surface area contributed by atoms with E-state index in [4.69, 9.17) is 21.1 Å². The van der Waals surface area contributed by atoms with E-state index >= 15 is 0 Å². The van der Waals surface area contributed by atoms with Crippen molar-refractivity contribution in [3.63, 3.8) is 0 Å². The smallest absolute Gasteiger partial charge is 0.177 e. The predicted octanol–water partition coefficient (Wildman–Crippen LogP) is 2.96. The van der Waals surface area contributed by atoms with Crippen molar-refractivity contribution in [3.05, 3.63) is 40.9 Å². The lowest BCUT2D eigenvalue weighted by Crippen LogP contribution is -2.09. The fourth-order valence-electron chi connectivity index (χ4n) is 2.43. The quantitative estimate of drug-likeness (QED) is 0.852. The van der Waals surface area contributed by atoms with Gasteiger partial charge in [-0.05, 0) is 25.5 Å². The van der Waals surface area contributed by atoms with E-state index < -0.39 is 0 Å². The third-order valence-corrected chi connectivity index (χ3v) is 3.81. The number of hydrogen-bond acceptors (Lipinski definition) is 4. The van der Waals surface area contributed by atoms with Crippen molar-refractivity contribution in [3.8, 4) is 5.69 Å². The van der Waals surface area contributed by atoms with Crippen LogP contribution in [0.15, 0.2) is 24.3 Å². The Morgan fingerprint density at radius 3 is 3.00 bits per heavy atom. The lowest BCUT2D eigenvalue weighted by atomic mass is 10.1. The van der Waals surface area contributed by atoms with E-state index in [9.17, 15) is 0 Å². The molecule has 0 spiro atoms. The number of aromatic nitrogens is 3. The van der Waals surface area contributed by atoms with Gasteiger partial charge in [0, 0.05) is 19.1 Å². The van der Waals surface area contributed by atoms with Crippen LogP contribution in [0.2, 0.25) is 5.02 Å². The molecule has 1 saturated heterocycles. The lowest BCUT2D eigenvalue weighted by molar-refractivity contribution is 0.128. The molecule has 0 aliphatic carbocycles. The van der Waals surface area contributed by atoms with Gasteiger partial charge in [-0.3, -0.25) is 0 Å². The zero-order chi connectivity index (χ0) is 14.7. The summed E-state index contributed by atoms with van der Waals surface area (Å²) >= 11 is 6.30. The Kier molecular flexibility index (Phi) is 4.53. The highest BCUT2D eigenvalue weighted by Crippen LogP contribution is 2.28. The summed E-state index contributed by atoms with van der Waals surface area (Å²) in [4.78, 5) is 4.64. The predicted molar refractivity (Wildman–Crippen MR) is 79.9 cm³/mol. The molecule has 0 amide bonds. The molecule has 3 rings (SSSR count). The van der Waals surface area contributed by atoms with E-state index in [0.29, 0.717) is 30.7 Å². The minimum Gasteiger partial charge on any atom is -0.381 e. The number of nitrogens with zero attached hydrogens (tertiary/aromatic N) is 3. The van der Waals surface area contributed by atoms with Crippen molar-refractivity contribution in [1.29, 1.82) is 0 Å². The molecule has 1 aliphatic heterocycles. The zero-order valence-electron chi connectivity index (χ0n) is 12.0. The van der Waals surface area contributed by atoms with E-state index in [0.717, 1.165) is 24.5 Å². The van der Waals surface area contributed by atoms with E-state index in [-0.39, 0.29) is 5.92 Å². The van der Waals surface area contributed by atoms with Gasteiger partial charge in [0.2, 0.25) is 0 Å². The molecule has 1 aromatic heterocycles. The number of para-hydroxylation sites is 1. The van der Waals surface area contributed by atoms with Gasteiger partial charge in [0.15, 0.2) is 5.82 Å². The molecule has 2 aromatic rings. The molecule has 1 atom stereocenters. The SMILES string of the molecule is CCOCc1nc(C2CCOC2)n(-c2ccccc2Cl)n1. The number of benzene rings is 1. The molecule has 0 N–H and O–H groups in total. The van der Waals surface area contributed by atoms with Crippen molar-refractivity contribution in [2.75, 3.05) is 19.8 Å². The Morgan fingerprint density at radius 1 is 1.43 bits per heavy atom. The van der Waals surface area contributed by atoms with Gasteiger partial charge in [0.1, 0.15) is 12.4 Å². The number of halogens is 1. The van der Waals surface area contributed by atoms with Gasteiger partial charge < -0.3 is 9.47 Å². The maximum atomic E-state index is 6.30. The Hall–Kier alpha value is -1.43. The van der Waals surface area contributed by atoms with Gasteiger partial charge >= 0.3 is 0 Å². The van der Waals surface area contributed by atoms with Crippen LogP contribution in [0.25, 0.3) is 5.69 Å². The van der Waals surface area contributed by atoms with Gasteiger partial charge in [-0.15, -0.1) is 5.10 Å².